The Kier molecular flexibility index (Phi) is 5.76. The largest absolute Gasteiger partial charge is 0.445 e. The maximum absolute atomic E-state index is 12.7. The predicted octanol–water partition coefficient (Wildman–Crippen LogP) is 3.70. The van der Waals surface area contributed by atoms with Gasteiger partial charge in [-0.15, -0.1) is 0 Å². The molecule has 6 nitrogen and oxygen atoms in total. The van der Waals surface area contributed by atoms with Crippen LogP contribution in [0, 0.1) is 6.92 Å². The maximum atomic E-state index is 12.7. The van der Waals surface area contributed by atoms with Crippen molar-refractivity contribution in [2.45, 2.75) is 32.4 Å². The fourth-order valence-corrected chi connectivity index (χ4v) is 4.01. The summed E-state index contributed by atoms with van der Waals surface area (Å²) in [5, 5.41) is 0. The molecule has 0 aliphatic carbocycles. The van der Waals surface area contributed by atoms with Crippen molar-refractivity contribution in [3.05, 3.63) is 59.3 Å². The van der Waals surface area contributed by atoms with Crippen LogP contribution in [0.5, 0.6) is 0 Å². The molecule has 1 aromatic heterocycles. The summed E-state index contributed by atoms with van der Waals surface area (Å²) in [6, 6.07) is 12.0. The molecule has 3 heterocycles. The number of hydrogen-bond donors (Lipinski definition) is 0. The molecule has 1 atom stereocenters. The molecule has 1 amide bonds. The van der Waals surface area contributed by atoms with Crippen LogP contribution in [-0.4, -0.2) is 48.8 Å². The van der Waals surface area contributed by atoms with Crippen LogP contribution in [0.4, 0.5) is 10.6 Å². The Morgan fingerprint density at radius 3 is 2.75 bits per heavy atom. The fraction of sp³-hybridized carbons (Fsp3) is 0.455. The molecule has 2 fully saturated rings. The second-order valence-electron chi connectivity index (χ2n) is 7.40. The molecular weight excluding hydrogens is 354 g/mol. The van der Waals surface area contributed by atoms with Gasteiger partial charge in [0.15, 0.2) is 0 Å². The Bertz CT molecular complexity index is 806. The first-order chi connectivity index (χ1) is 13.7. The predicted molar refractivity (Wildman–Crippen MR) is 107 cm³/mol. The topological polar surface area (TPSA) is 54.9 Å². The minimum absolute atomic E-state index is 0.0354. The number of rotatable bonds is 4. The van der Waals surface area contributed by atoms with E-state index in [0.717, 1.165) is 68.2 Å². The Balaban J connectivity index is 1.43. The third-order valence-corrected chi connectivity index (χ3v) is 5.46. The second kappa shape index (κ2) is 8.61. The van der Waals surface area contributed by atoms with Crippen LogP contribution in [0.2, 0.25) is 0 Å². The Morgan fingerprint density at radius 2 is 2.00 bits per heavy atom. The summed E-state index contributed by atoms with van der Waals surface area (Å²) >= 11 is 0. The third kappa shape index (κ3) is 4.12. The fourth-order valence-electron chi connectivity index (χ4n) is 4.01. The van der Waals surface area contributed by atoms with Crippen molar-refractivity contribution >= 4 is 11.9 Å². The number of morpholine rings is 1. The van der Waals surface area contributed by atoms with Crippen LogP contribution >= 0.6 is 0 Å². The van der Waals surface area contributed by atoms with E-state index in [2.05, 4.69) is 17.9 Å². The monoisotopic (exact) mass is 381 g/mol. The number of ether oxygens (including phenoxy) is 2. The van der Waals surface area contributed by atoms with Crippen molar-refractivity contribution in [2.75, 3.05) is 37.7 Å². The Labute approximate surface area is 166 Å². The van der Waals surface area contributed by atoms with Gasteiger partial charge in [0.25, 0.3) is 0 Å². The van der Waals surface area contributed by atoms with Gasteiger partial charge in [0.1, 0.15) is 12.4 Å². The maximum Gasteiger partial charge on any atom is 0.410 e. The zero-order chi connectivity index (χ0) is 19.3. The molecule has 6 heteroatoms. The van der Waals surface area contributed by atoms with E-state index in [1.54, 1.807) is 0 Å². The molecule has 2 saturated heterocycles. The summed E-state index contributed by atoms with van der Waals surface area (Å²) in [6.07, 6.45) is 3.60. The van der Waals surface area contributed by atoms with Gasteiger partial charge in [-0.25, -0.2) is 9.78 Å². The molecule has 4 rings (SSSR count). The molecule has 0 bridgehead atoms. The quantitative estimate of drug-likeness (QED) is 0.808. The van der Waals surface area contributed by atoms with E-state index in [9.17, 15) is 4.79 Å². The summed E-state index contributed by atoms with van der Waals surface area (Å²) in [4.78, 5) is 21.5. The van der Waals surface area contributed by atoms with Crippen LogP contribution in [-0.2, 0) is 16.1 Å². The number of nitrogens with zero attached hydrogens (tertiary/aromatic N) is 3. The number of carbonyl (C=O) groups excluding carboxylic acids is 1. The van der Waals surface area contributed by atoms with Crippen molar-refractivity contribution in [2.24, 2.45) is 0 Å². The zero-order valence-corrected chi connectivity index (χ0v) is 16.3. The number of hydrogen-bond acceptors (Lipinski definition) is 5. The van der Waals surface area contributed by atoms with Crippen LogP contribution in [0.25, 0.3) is 0 Å². The molecule has 28 heavy (non-hydrogen) atoms. The van der Waals surface area contributed by atoms with Gasteiger partial charge >= 0.3 is 6.09 Å². The minimum atomic E-state index is -0.249. The Hall–Kier alpha value is -2.60. The molecule has 0 unspecified atom stereocenters. The summed E-state index contributed by atoms with van der Waals surface area (Å²) in [6.45, 7) is 6.34. The third-order valence-electron chi connectivity index (χ3n) is 5.46. The van der Waals surface area contributed by atoms with Crippen molar-refractivity contribution in [3.8, 4) is 0 Å². The van der Waals surface area contributed by atoms with E-state index in [1.165, 1.54) is 0 Å². The van der Waals surface area contributed by atoms with Crippen molar-refractivity contribution < 1.29 is 14.3 Å². The van der Waals surface area contributed by atoms with Gasteiger partial charge < -0.3 is 19.3 Å². The second-order valence-corrected chi connectivity index (χ2v) is 7.40. The summed E-state index contributed by atoms with van der Waals surface area (Å²) in [5.74, 6) is 1.02. The van der Waals surface area contributed by atoms with E-state index in [-0.39, 0.29) is 12.1 Å². The first-order valence-corrected chi connectivity index (χ1v) is 9.99. The molecule has 0 spiro atoms. The van der Waals surface area contributed by atoms with Crippen LogP contribution in [0.15, 0.2) is 42.6 Å². The van der Waals surface area contributed by atoms with E-state index < -0.39 is 0 Å². The molecular formula is C22H27N3O3. The number of aryl methyl sites for hydroxylation is 1. The van der Waals surface area contributed by atoms with Crippen molar-refractivity contribution in [1.82, 2.24) is 9.88 Å². The Morgan fingerprint density at radius 1 is 1.21 bits per heavy atom. The molecule has 148 valence electrons. The van der Waals surface area contributed by atoms with E-state index in [0.29, 0.717) is 6.61 Å². The smallest absolute Gasteiger partial charge is 0.410 e. The molecule has 2 aliphatic rings. The van der Waals surface area contributed by atoms with Gasteiger partial charge in [0.05, 0.1) is 19.3 Å². The normalized spacial score (nSPS) is 19.7. The van der Waals surface area contributed by atoms with E-state index in [1.807, 2.05) is 41.4 Å². The first kappa shape index (κ1) is 18.7. The van der Waals surface area contributed by atoms with Gasteiger partial charge in [0, 0.05) is 25.8 Å². The summed E-state index contributed by atoms with van der Waals surface area (Å²) in [7, 11) is 0. The van der Waals surface area contributed by atoms with Crippen LogP contribution < -0.4 is 4.90 Å². The molecule has 2 aromatic rings. The average Bonchev–Trinajstić information content (AvgIpc) is 3.23. The minimum Gasteiger partial charge on any atom is -0.445 e. The number of carbonyl (C=O) groups is 1. The number of anilines is 1. The van der Waals surface area contributed by atoms with Gasteiger partial charge in [0.2, 0.25) is 0 Å². The van der Waals surface area contributed by atoms with Gasteiger partial charge in [-0.2, -0.15) is 0 Å². The SMILES string of the molecule is Cc1cc([C@@H]2CCCN2C(=O)OCc2ccccc2)cnc1N1CCOCC1. The van der Waals surface area contributed by atoms with E-state index in [4.69, 9.17) is 14.5 Å². The number of pyridine rings is 1. The molecule has 0 N–H and O–H groups in total. The summed E-state index contributed by atoms with van der Waals surface area (Å²) < 4.78 is 11.0. The molecule has 0 saturated carbocycles. The van der Waals surface area contributed by atoms with Gasteiger partial charge in [-0.3, -0.25) is 0 Å². The standard InChI is InChI=1S/C22H27N3O3/c1-17-14-19(15-23-21(17)24-10-12-27-13-11-24)20-8-5-9-25(20)22(26)28-16-18-6-3-2-4-7-18/h2-4,6-7,14-15,20H,5,8-13,16H2,1H3/t20-/m0/s1. The van der Waals surface area contributed by atoms with Crippen molar-refractivity contribution in [3.63, 3.8) is 0 Å². The number of aromatic nitrogens is 1. The highest BCUT2D eigenvalue weighted by Gasteiger charge is 2.32. The van der Waals surface area contributed by atoms with Crippen LogP contribution in [0.3, 0.4) is 0 Å². The zero-order valence-electron chi connectivity index (χ0n) is 16.3. The highest BCUT2D eigenvalue weighted by Crippen LogP contribution is 2.34. The number of benzene rings is 1. The molecule has 0 radical (unpaired) electrons. The van der Waals surface area contributed by atoms with Gasteiger partial charge in [-0.05, 0) is 42.5 Å². The first-order valence-electron chi connectivity index (χ1n) is 9.99. The average molecular weight is 381 g/mol. The lowest BCUT2D eigenvalue weighted by atomic mass is 10.0. The van der Waals surface area contributed by atoms with Crippen LogP contribution in [0.1, 0.15) is 35.6 Å². The highest BCUT2D eigenvalue weighted by atomic mass is 16.6. The summed E-state index contributed by atoms with van der Waals surface area (Å²) in [5.41, 5.74) is 3.23. The number of likely N-dealkylation sites (tertiary alicyclic amines) is 1. The highest BCUT2D eigenvalue weighted by molar-refractivity contribution is 5.69. The van der Waals surface area contributed by atoms with Crippen molar-refractivity contribution in [1.29, 1.82) is 0 Å². The number of amides is 1. The van der Waals surface area contributed by atoms with E-state index >= 15 is 0 Å². The lowest BCUT2D eigenvalue weighted by Crippen LogP contribution is -2.37. The lowest BCUT2D eigenvalue weighted by molar-refractivity contribution is 0.0920. The molecule has 1 aromatic carbocycles. The van der Waals surface area contributed by atoms with Gasteiger partial charge in [-0.1, -0.05) is 30.3 Å². The lowest BCUT2D eigenvalue weighted by Gasteiger charge is -2.30. The molecule has 2 aliphatic heterocycles.